The highest BCUT2D eigenvalue weighted by molar-refractivity contribution is 9.10. The lowest BCUT2D eigenvalue weighted by Gasteiger charge is -2.08. The van der Waals surface area contributed by atoms with Crippen LogP contribution in [0.1, 0.15) is 28.4 Å². The van der Waals surface area contributed by atoms with Gasteiger partial charge >= 0.3 is 6.18 Å². The van der Waals surface area contributed by atoms with Crippen LogP contribution in [0.5, 0.6) is 11.5 Å². The Morgan fingerprint density at radius 2 is 2.08 bits per heavy atom. The van der Waals surface area contributed by atoms with Gasteiger partial charge in [-0.05, 0) is 53.2 Å². The fourth-order valence-corrected chi connectivity index (χ4v) is 2.42. The number of nitrogens with one attached hydrogen (secondary N) is 1. The number of alkyl halides is 3. The van der Waals surface area contributed by atoms with Gasteiger partial charge in [-0.1, -0.05) is 6.07 Å². The number of phenols is 1. The average Bonchev–Trinajstić information content (AvgIpc) is 2.58. The Balaban J connectivity index is 2.13. The summed E-state index contributed by atoms with van der Waals surface area (Å²) in [5.41, 5.74) is 1.56. The maximum absolute atomic E-state index is 12.7. The summed E-state index contributed by atoms with van der Waals surface area (Å²) in [7, 11) is 0. The van der Waals surface area contributed by atoms with E-state index in [1.807, 2.05) is 0 Å². The molecule has 0 unspecified atom stereocenters. The zero-order valence-electron chi connectivity index (χ0n) is 13.5. The van der Waals surface area contributed by atoms with Gasteiger partial charge in [0.15, 0.2) is 11.5 Å². The molecule has 26 heavy (non-hydrogen) atoms. The van der Waals surface area contributed by atoms with E-state index in [1.165, 1.54) is 24.4 Å². The molecule has 0 fully saturated rings. The summed E-state index contributed by atoms with van der Waals surface area (Å²) in [6.07, 6.45) is -3.26. The highest BCUT2D eigenvalue weighted by Crippen LogP contribution is 2.32. The Bertz CT molecular complexity index is 838. The van der Waals surface area contributed by atoms with Crippen LogP contribution >= 0.6 is 15.9 Å². The van der Waals surface area contributed by atoms with E-state index in [9.17, 15) is 23.1 Å². The summed E-state index contributed by atoms with van der Waals surface area (Å²) < 4.78 is 43.8. The number of nitrogens with zero attached hydrogens (tertiary/aromatic N) is 1. The molecule has 0 heterocycles. The van der Waals surface area contributed by atoms with Crippen LogP contribution in [-0.2, 0) is 6.18 Å². The van der Waals surface area contributed by atoms with Gasteiger partial charge in [0.25, 0.3) is 5.91 Å². The summed E-state index contributed by atoms with van der Waals surface area (Å²) in [4.78, 5) is 12.0. The Morgan fingerprint density at radius 3 is 2.73 bits per heavy atom. The standard InChI is InChI=1S/C17H14BrF3N2O3/c1-2-26-15-7-11(13(18)8-14(15)24)9-22-23-16(25)10-4-3-5-12(6-10)17(19,20)21/h3-9,24H,2H2,1H3,(H,23,25)/b22-9-. The van der Waals surface area contributed by atoms with E-state index >= 15 is 0 Å². The van der Waals surface area contributed by atoms with Gasteiger partial charge < -0.3 is 9.84 Å². The predicted molar refractivity (Wildman–Crippen MR) is 93.5 cm³/mol. The number of ether oxygens (including phenoxy) is 1. The van der Waals surface area contributed by atoms with E-state index in [0.29, 0.717) is 16.6 Å². The zero-order valence-corrected chi connectivity index (χ0v) is 15.1. The van der Waals surface area contributed by atoms with E-state index in [-0.39, 0.29) is 17.1 Å². The number of amides is 1. The van der Waals surface area contributed by atoms with Crippen molar-refractivity contribution in [1.29, 1.82) is 0 Å². The van der Waals surface area contributed by atoms with Crippen molar-refractivity contribution in [3.05, 3.63) is 57.6 Å². The lowest BCUT2D eigenvalue weighted by atomic mass is 10.1. The number of aromatic hydroxyl groups is 1. The van der Waals surface area contributed by atoms with Crippen LogP contribution in [0.15, 0.2) is 46.0 Å². The SMILES string of the molecule is CCOc1cc(/C=N\NC(=O)c2cccc(C(F)(F)F)c2)c(Br)cc1O. The summed E-state index contributed by atoms with van der Waals surface area (Å²) in [5.74, 6) is -0.613. The summed E-state index contributed by atoms with van der Waals surface area (Å²) in [6, 6.07) is 6.93. The molecule has 2 rings (SSSR count). The molecule has 1 amide bonds. The van der Waals surface area contributed by atoms with Crippen molar-refractivity contribution in [2.24, 2.45) is 5.10 Å². The third-order valence-electron chi connectivity index (χ3n) is 3.20. The fraction of sp³-hybridized carbons (Fsp3) is 0.176. The van der Waals surface area contributed by atoms with E-state index in [2.05, 4.69) is 26.5 Å². The van der Waals surface area contributed by atoms with E-state index < -0.39 is 17.6 Å². The summed E-state index contributed by atoms with van der Waals surface area (Å²) >= 11 is 3.23. The molecule has 5 nitrogen and oxygen atoms in total. The summed E-state index contributed by atoms with van der Waals surface area (Å²) in [5, 5.41) is 13.5. The first-order valence-corrected chi connectivity index (χ1v) is 8.17. The largest absolute Gasteiger partial charge is 0.504 e. The number of halogens is 4. The normalized spacial score (nSPS) is 11.6. The number of hydrazone groups is 1. The first kappa shape index (κ1) is 19.8. The van der Waals surface area contributed by atoms with Crippen molar-refractivity contribution in [3.63, 3.8) is 0 Å². The number of carbonyl (C=O) groups is 1. The van der Waals surface area contributed by atoms with Crippen molar-refractivity contribution >= 4 is 28.1 Å². The third kappa shape index (κ3) is 4.98. The summed E-state index contributed by atoms with van der Waals surface area (Å²) in [6.45, 7) is 2.10. The first-order valence-electron chi connectivity index (χ1n) is 7.38. The van der Waals surface area contributed by atoms with Gasteiger partial charge in [-0.2, -0.15) is 18.3 Å². The molecule has 138 valence electrons. The number of rotatable bonds is 5. The van der Waals surface area contributed by atoms with Crippen molar-refractivity contribution in [1.82, 2.24) is 5.43 Å². The molecule has 2 N–H and O–H groups in total. The molecule has 0 atom stereocenters. The molecule has 9 heteroatoms. The molecular formula is C17H14BrF3N2O3. The number of carbonyl (C=O) groups excluding carboxylic acids is 1. The first-order chi connectivity index (χ1) is 12.2. The van der Waals surface area contributed by atoms with E-state index in [1.54, 1.807) is 6.92 Å². The average molecular weight is 431 g/mol. The Kier molecular flexibility index (Phi) is 6.25. The van der Waals surface area contributed by atoms with Crippen LogP contribution in [0.4, 0.5) is 13.2 Å². The lowest BCUT2D eigenvalue weighted by Crippen LogP contribution is -2.18. The van der Waals surface area contributed by atoms with Crippen molar-refractivity contribution in [3.8, 4) is 11.5 Å². The number of benzene rings is 2. The smallest absolute Gasteiger partial charge is 0.416 e. The highest BCUT2D eigenvalue weighted by Gasteiger charge is 2.30. The van der Waals surface area contributed by atoms with Gasteiger partial charge in [-0.3, -0.25) is 4.79 Å². The molecule has 2 aromatic rings. The molecule has 0 aliphatic rings. The second kappa shape index (κ2) is 8.22. The zero-order chi connectivity index (χ0) is 19.3. The molecule has 0 spiro atoms. The maximum Gasteiger partial charge on any atom is 0.416 e. The van der Waals surface area contributed by atoms with Gasteiger partial charge in [-0.25, -0.2) is 5.43 Å². The van der Waals surface area contributed by atoms with Crippen molar-refractivity contribution < 1.29 is 27.8 Å². The van der Waals surface area contributed by atoms with E-state index in [4.69, 9.17) is 4.74 Å². The van der Waals surface area contributed by atoms with Crippen molar-refractivity contribution in [2.45, 2.75) is 13.1 Å². The Morgan fingerprint density at radius 1 is 1.35 bits per heavy atom. The number of hydrogen-bond donors (Lipinski definition) is 2. The van der Waals surface area contributed by atoms with Gasteiger partial charge in [-0.15, -0.1) is 0 Å². The van der Waals surface area contributed by atoms with Crippen molar-refractivity contribution in [2.75, 3.05) is 6.61 Å². The van der Waals surface area contributed by atoms with Crippen LogP contribution in [0.3, 0.4) is 0 Å². The number of phenolic OH excluding ortho intramolecular Hbond substituents is 1. The lowest BCUT2D eigenvalue weighted by molar-refractivity contribution is -0.137. The molecule has 0 aliphatic heterocycles. The van der Waals surface area contributed by atoms with Gasteiger partial charge in [0, 0.05) is 15.6 Å². The Hall–Kier alpha value is -2.55. The van der Waals surface area contributed by atoms with Crippen LogP contribution in [0.2, 0.25) is 0 Å². The van der Waals surface area contributed by atoms with Gasteiger partial charge in [0.2, 0.25) is 0 Å². The highest BCUT2D eigenvalue weighted by atomic mass is 79.9. The molecule has 0 saturated heterocycles. The third-order valence-corrected chi connectivity index (χ3v) is 3.89. The molecule has 2 aromatic carbocycles. The topological polar surface area (TPSA) is 70.9 Å². The quantitative estimate of drug-likeness (QED) is 0.547. The fourth-order valence-electron chi connectivity index (χ4n) is 1.99. The second-order valence-electron chi connectivity index (χ2n) is 5.05. The molecule has 0 radical (unpaired) electrons. The predicted octanol–water partition coefficient (Wildman–Crippen LogP) is 4.34. The minimum Gasteiger partial charge on any atom is -0.504 e. The molecule has 0 saturated carbocycles. The van der Waals surface area contributed by atoms with Crippen LogP contribution < -0.4 is 10.2 Å². The molecule has 0 bridgehead atoms. The monoisotopic (exact) mass is 430 g/mol. The number of hydrogen-bond acceptors (Lipinski definition) is 4. The van der Waals surface area contributed by atoms with Crippen LogP contribution in [0.25, 0.3) is 0 Å². The Labute approximate surface area is 155 Å². The molecule has 0 aromatic heterocycles. The van der Waals surface area contributed by atoms with Crippen LogP contribution in [-0.4, -0.2) is 23.8 Å². The molecule has 0 aliphatic carbocycles. The minimum absolute atomic E-state index is 0.0659. The second-order valence-corrected chi connectivity index (χ2v) is 5.91. The van der Waals surface area contributed by atoms with Crippen LogP contribution in [0, 0.1) is 0 Å². The molecular weight excluding hydrogens is 417 g/mol. The van der Waals surface area contributed by atoms with Gasteiger partial charge in [0.05, 0.1) is 18.4 Å². The van der Waals surface area contributed by atoms with E-state index in [0.717, 1.165) is 18.2 Å². The maximum atomic E-state index is 12.7. The van der Waals surface area contributed by atoms with Gasteiger partial charge in [0.1, 0.15) is 0 Å². The minimum atomic E-state index is -4.54.